The smallest absolute Gasteiger partial charge is 0.0552 e. The molecule has 2 unspecified atom stereocenters. The second kappa shape index (κ2) is 6.33. The number of hydrogen-bond donors (Lipinski definition) is 3. The zero-order valence-electron chi connectivity index (χ0n) is 5.70. The maximum absolute atomic E-state index is 8.73. The molecule has 10 heavy (non-hydrogen) atoms. The largest absolute Gasteiger partial charge is 0.396 e. The van der Waals surface area contributed by atoms with Crippen LogP contribution in [-0.2, 0) is 0 Å². The number of aliphatic hydroxyl groups excluding tert-OH is 3. The highest BCUT2D eigenvalue weighted by Crippen LogP contribution is 2.15. The molecule has 0 aromatic carbocycles. The lowest BCUT2D eigenvalue weighted by Crippen LogP contribution is -2.22. The van der Waals surface area contributed by atoms with Gasteiger partial charge >= 0.3 is 0 Å². The summed E-state index contributed by atoms with van der Waals surface area (Å²) in [5, 5.41) is 25.9. The molecular weight excluding hydrogens is 247 g/mol. The summed E-state index contributed by atoms with van der Waals surface area (Å²) >= 11 is 2.07. The van der Waals surface area contributed by atoms with Crippen LogP contribution in [0.4, 0.5) is 0 Å². The van der Waals surface area contributed by atoms with Crippen molar-refractivity contribution in [2.24, 2.45) is 5.92 Å². The van der Waals surface area contributed by atoms with Crippen molar-refractivity contribution in [2.45, 2.75) is 10.3 Å². The highest BCUT2D eigenvalue weighted by molar-refractivity contribution is 14.1. The van der Waals surface area contributed by atoms with E-state index >= 15 is 0 Å². The molecule has 0 spiro atoms. The van der Waals surface area contributed by atoms with Crippen molar-refractivity contribution in [3.05, 3.63) is 0 Å². The summed E-state index contributed by atoms with van der Waals surface area (Å²) in [7, 11) is 0. The van der Waals surface area contributed by atoms with Crippen LogP contribution in [-0.4, -0.2) is 39.1 Å². The minimum Gasteiger partial charge on any atom is -0.396 e. The van der Waals surface area contributed by atoms with E-state index in [1.807, 2.05) is 0 Å². The SMILES string of the molecule is OCCC(CO)C(I)CO. The molecule has 3 nitrogen and oxygen atoms in total. The standard InChI is InChI=1S/C6H13IO3/c7-6(4-10)5(3-9)1-2-8/h5-6,8-10H,1-4H2. The zero-order chi connectivity index (χ0) is 7.98. The predicted molar refractivity (Wildman–Crippen MR) is 47.2 cm³/mol. The lowest BCUT2D eigenvalue weighted by Gasteiger charge is -2.16. The predicted octanol–water partition coefficient (Wildman–Crippen LogP) is -0.227. The summed E-state index contributed by atoms with van der Waals surface area (Å²) in [5.41, 5.74) is 0. The van der Waals surface area contributed by atoms with Gasteiger partial charge in [-0.25, -0.2) is 0 Å². The van der Waals surface area contributed by atoms with E-state index in [9.17, 15) is 0 Å². The van der Waals surface area contributed by atoms with E-state index in [4.69, 9.17) is 15.3 Å². The Morgan fingerprint density at radius 1 is 1.10 bits per heavy atom. The molecule has 0 aliphatic heterocycles. The topological polar surface area (TPSA) is 60.7 Å². The van der Waals surface area contributed by atoms with Gasteiger partial charge in [-0.1, -0.05) is 22.6 Å². The number of aliphatic hydroxyl groups is 3. The Bertz CT molecular complexity index is 79.4. The Balaban J connectivity index is 3.56. The third-order valence-electron chi connectivity index (χ3n) is 1.42. The molecule has 0 radical (unpaired) electrons. The second-order valence-electron chi connectivity index (χ2n) is 2.15. The Hall–Kier alpha value is 0.610. The summed E-state index contributed by atoms with van der Waals surface area (Å²) in [4.78, 5) is 0. The van der Waals surface area contributed by atoms with Crippen LogP contribution in [0, 0.1) is 5.92 Å². The van der Waals surface area contributed by atoms with Gasteiger partial charge in [-0.15, -0.1) is 0 Å². The molecule has 0 saturated carbocycles. The van der Waals surface area contributed by atoms with Gasteiger partial charge in [-0.3, -0.25) is 0 Å². The van der Waals surface area contributed by atoms with E-state index in [1.165, 1.54) is 0 Å². The highest BCUT2D eigenvalue weighted by Gasteiger charge is 2.15. The minimum atomic E-state index is 0.0237. The van der Waals surface area contributed by atoms with Gasteiger partial charge in [0.2, 0.25) is 0 Å². The molecule has 4 heteroatoms. The summed E-state index contributed by atoms with van der Waals surface area (Å²) in [6, 6.07) is 0. The van der Waals surface area contributed by atoms with Crippen molar-refractivity contribution >= 4 is 22.6 Å². The average Bonchev–Trinajstić information content (AvgIpc) is 1.99. The molecule has 0 aromatic rings. The maximum atomic E-state index is 8.73. The molecule has 0 fully saturated rings. The average molecular weight is 260 g/mol. The number of alkyl halides is 1. The lowest BCUT2D eigenvalue weighted by molar-refractivity contribution is 0.163. The summed E-state index contributed by atoms with van der Waals surface area (Å²) in [6.07, 6.45) is 0.560. The summed E-state index contributed by atoms with van der Waals surface area (Å²) in [5.74, 6) is 0.0237. The fraction of sp³-hybridized carbons (Fsp3) is 1.00. The van der Waals surface area contributed by atoms with Crippen molar-refractivity contribution in [3.63, 3.8) is 0 Å². The fourth-order valence-corrected chi connectivity index (χ4v) is 1.29. The third kappa shape index (κ3) is 3.70. The Labute approximate surface area is 74.2 Å². The first-order chi connectivity index (χ1) is 4.76. The van der Waals surface area contributed by atoms with Crippen LogP contribution in [0.5, 0.6) is 0 Å². The van der Waals surface area contributed by atoms with Gasteiger partial charge in [0.1, 0.15) is 0 Å². The molecule has 0 aliphatic rings. The zero-order valence-corrected chi connectivity index (χ0v) is 7.86. The maximum Gasteiger partial charge on any atom is 0.0552 e. The first kappa shape index (κ1) is 10.6. The first-order valence-electron chi connectivity index (χ1n) is 3.22. The summed E-state index contributed by atoms with van der Waals surface area (Å²) < 4.78 is 0.0507. The highest BCUT2D eigenvalue weighted by atomic mass is 127. The number of halogens is 1. The van der Waals surface area contributed by atoms with Gasteiger partial charge in [0.25, 0.3) is 0 Å². The van der Waals surface area contributed by atoms with E-state index < -0.39 is 0 Å². The molecular formula is C6H13IO3. The third-order valence-corrected chi connectivity index (χ3v) is 2.83. The van der Waals surface area contributed by atoms with E-state index in [2.05, 4.69) is 22.6 Å². The fourth-order valence-electron chi connectivity index (χ4n) is 0.701. The van der Waals surface area contributed by atoms with Crippen LogP contribution >= 0.6 is 22.6 Å². The van der Waals surface area contributed by atoms with Crippen LogP contribution < -0.4 is 0 Å². The van der Waals surface area contributed by atoms with E-state index in [-0.39, 0.29) is 29.7 Å². The van der Waals surface area contributed by atoms with Gasteiger partial charge < -0.3 is 15.3 Å². The Morgan fingerprint density at radius 2 is 1.70 bits per heavy atom. The molecule has 3 N–H and O–H groups in total. The van der Waals surface area contributed by atoms with Crippen molar-refractivity contribution in [1.82, 2.24) is 0 Å². The van der Waals surface area contributed by atoms with Gasteiger partial charge in [-0.2, -0.15) is 0 Å². The molecule has 0 aliphatic carbocycles. The summed E-state index contributed by atoms with van der Waals surface area (Å²) in [6.45, 7) is 0.172. The second-order valence-corrected chi connectivity index (χ2v) is 3.75. The van der Waals surface area contributed by atoms with Gasteiger partial charge in [0, 0.05) is 17.1 Å². The van der Waals surface area contributed by atoms with Gasteiger partial charge in [0.05, 0.1) is 6.61 Å². The number of hydrogen-bond acceptors (Lipinski definition) is 3. The van der Waals surface area contributed by atoms with Crippen molar-refractivity contribution in [3.8, 4) is 0 Å². The van der Waals surface area contributed by atoms with E-state index in [0.29, 0.717) is 6.42 Å². The van der Waals surface area contributed by atoms with E-state index in [0.717, 1.165) is 0 Å². The molecule has 62 valence electrons. The van der Waals surface area contributed by atoms with Crippen molar-refractivity contribution < 1.29 is 15.3 Å². The van der Waals surface area contributed by atoms with Crippen molar-refractivity contribution in [2.75, 3.05) is 19.8 Å². The molecule has 0 bridgehead atoms. The van der Waals surface area contributed by atoms with Crippen LogP contribution in [0.25, 0.3) is 0 Å². The molecule has 0 aromatic heterocycles. The molecule has 2 atom stereocenters. The van der Waals surface area contributed by atoms with Gasteiger partial charge in [0.15, 0.2) is 0 Å². The minimum absolute atomic E-state index is 0.0237. The first-order valence-corrected chi connectivity index (χ1v) is 4.47. The van der Waals surface area contributed by atoms with Crippen LogP contribution in [0.3, 0.4) is 0 Å². The number of rotatable bonds is 5. The lowest BCUT2D eigenvalue weighted by atomic mass is 10.0. The van der Waals surface area contributed by atoms with Crippen LogP contribution in [0.1, 0.15) is 6.42 Å². The van der Waals surface area contributed by atoms with E-state index in [1.54, 1.807) is 0 Å². The molecule has 0 rings (SSSR count). The Kier molecular flexibility index (Phi) is 6.71. The Morgan fingerprint density at radius 3 is 2.00 bits per heavy atom. The van der Waals surface area contributed by atoms with Gasteiger partial charge in [-0.05, 0) is 12.3 Å². The van der Waals surface area contributed by atoms with Crippen molar-refractivity contribution in [1.29, 1.82) is 0 Å². The monoisotopic (exact) mass is 260 g/mol. The molecule has 0 heterocycles. The molecule has 0 amide bonds. The molecule has 0 saturated heterocycles. The van der Waals surface area contributed by atoms with Crippen LogP contribution in [0.2, 0.25) is 0 Å². The van der Waals surface area contributed by atoms with Crippen LogP contribution in [0.15, 0.2) is 0 Å². The quantitative estimate of drug-likeness (QED) is 0.473. The normalized spacial score (nSPS) is 16.8.